The van der Waals surface area contributed by atoms with Gasteiger partial charge < -0.3 is 15.4 Å². The molecule has 114 valence electrons. The first-order valence-electron chi connectivity index (χ1n) is 7.59. The highest BCUT2D eigenvalue weighted by Gasteiger charge is 2.19. The quantitative estimate of drug-likeness (QED) is 0.789. The van der Waals surface area contributed by atoms with Crippen LogP contribution in [0.25, 0.3) is 0 Å². The molecule has 1 aromatic carbocycles. The zero-order valence-corrected chi connectivity index (χ0v) is 12.8. The Labute approximate surface area is 126 Å². The van der Waals surface area contributed by atoms with Crippen molar-refractivity contribution in [3.05, 3.63) is 41.5 Å². The van der Waals surface area contributed by atoms with Crippen molar-refractivity contribution in [3.63, 3.8) is 0 Å². The van der Waals surface area contributed by atoms with E-state index >= 15 is 0 Å². The third-order valence-electron chi connectivity index (χ3n) is 3.67. The summed E-state index contributed by atoms with van der Waals surface area (Å²) in [5, 5.41) is 6.24. The van der Waals surface area contributed by atoms with Crippen LogP contribution in [-0.2, 0) is 4.79 Å². The molecule has 0 saturated carbocycles. The number of aryl methyl sites for hydroxylation is 1. The third kappa shape index (κ3) is 4.60. The average molecular weight is 288 g/mol. The Hall–Kier alpha value is -1.81. The Morgan fingerprint density at radius 2 is 2.24 bits per heavy atom. The number of hydrogen-bond donors (Lipinski definition) is 2. The van der Waals surface area contributed by atoms with Crippen LogP contribution < -0.4 is 15.4 Å². The zero-order valence-electron chi connectivity index (χ0n) is 12.8. The summed E-state index contributed by atoms with van der Waals surface area (Å²) < 4.78 is 5.85. The van der Waals surface area contributed by atoms with E-state index in [1.807, 2.05) is 38.1 Å². The predicted octanol–water partition coefficient (Wildman–Crippen LogP) is 2.19. The Kier molecular flexibility index (Phi) is 5.81. The lowest BCUT2D eigenvalue weighted by atomic mass is 10.1. The topological polar surface area (TPSA) is 50.4 Å². The molecular formula is C17H24N2O2. The molecule has 4 heteroatoms. The van der Waals surface area contributed by atoms with Gasteiger partial charge in [0.25, 0.3) is 5.91 Å². The SMILES string of the molecule is CCC(Oc1ccccc1C)C(=O)NCC1=CCNCC1. The van der Waals surface area contributed by atoms with Crippen molar-refractivity contribution in [1.82, 2.24) is 10.6 Å². The van der Waals surface area contributed by atoms with Crippen LogP contribution in [0.15, 0.2) is 35.9 Å². The van der Waals surface area contributed by atoms with Crippen molar-refractivity contribution in [2.75, 3.05) is 19.6 Å². The molecule has 0 saturated heterocycles. The number of amides is 1. The van der Waals surface area contributed by atoms with Gasteiger partial charge in [-0.25, -0.2) is 0 Å². The van der Waals surface area contributed by atoms with Gasteiger partial charge in [0.1, 0.15) is 5.75 Å². The number of rotatable bonds is 6. The molecular weight excluding hydrogens is 264 g/mol. The number of para-hydroxylation sites is 1. The zero-order chi connectivity index (χ0) is 15.1. The fraction of sp³-hybridized carbons (Fsp3) is 0.471. The fourth-order valence-corrected chi connectivity index (χ4v) is 2.31. The smallest absolute Gasteiger partial charge is 0.261 e. The van der Waals surface area contributed by atoms with E-state index in [2.05, 4.69) is 16.7 Å². The monoisotopic (exact) mass is 288 g/mol. The minimum Gasteiger partial charge on any atom is -0.480 e. The first-order valence-corrected chi connectivity index (χ1v) is 7.59. The van der Waals surface area contributed by atoms with Crippen LogP contribution in [0.1, 0.15) is 25.3 Å². The van der Waals surface area contributed by atoms with Crippen LogP contribution in [-0.4, -0.2) is 31.6 Å². The fourth-order valence-electron chi connectivity index (χ4n) is 2.31. The highest BCUT2D eigenvalue weighted by molar-refractivity contribution is 5.81. The van der Waals surface area contributed by atoms with Gasteiger partial charge in [0.2, 0.25) is 0 Å². The first-order chi connectivity index (χ1) is 10.2. The van der Waals surface area contributed by atoms with Crippen LogP contribution in [0.2, 0.25) is 0 Å². The second-order valence-electron chi connectivity index (χ2n) is 5.31. The molecule has 1 atom stereocenters. The predicted molar refractivity (Wildman–Crippen MR) is 84.5 cm³/mol. The van der Waals surface area contributed by atoms with Gasteiger partial charge in [-0.3, -0.25) is 4.79 Å². The summed E-state index contributed by atoms with van der Waals surface area (Å²) in [6.45, 7) is 6.45. The molecule has 4 nitrogen and oxygen atoms in total. The highest BCUT2D eigenvalue weighted by atomic mass is 16.5. The van der Waals surface area contributed by atoms with Crippen molar-refractivity contribution < 1.29 is 9.53 Å². The summed E-state index contributed by atoms with van der Waals surface area (Å²) in [7, 11) is 0. The molecule has 0 fully saturated rings. The van der Waals surface area contributed by atoms with Gasteiger partial charge >= 0.3 is 0 Å². The van der Waals surface area contributed by atoms with Gasteiger partial charge in [0, 0.05) is 13.1 Å². The van der Waals surface area contributed by atoms with Gasteiger partial charge in [-0.05, 0) is 37.9 Å². The number of nitrogens with one attached hydrogen (secondary N) is 2. The Morgan fingerprint density at radius 1 is 1.43 bits per heavy atom. The maximum atomic E-state index is 12.3. The number of carbonyl (C=O) groups excluding carboxylic acids is 1. The van der Waals surface area contributed by atoms with E-state index in [9.17, 15) is 4.79 Å². The largest absolute Gasteiger partial charge is 0.480 e. The molecule has 0 radical (unpaired) electrons. The average Bonchev–Trinajstić information content (AvgIpc) is 2.53. The molecule has 1 aromatic rings. The minimum absolute atomic E-state index is 0.0415. The summed E-state index contributed by atoms with van der Waals surface area (Å²) >= 11 is 0. The lowest BCUT2D eigenvalue weighted by Gasteiger charge is -2.20. The third-order valence-corrected chi connectivity index (χ3v) is 3.67. The van der Waals surface area contributed by atoms with E-state index < -0.39 is 6.10 Å². The molecule has 21 heavy (non-hydrogen) atoms. The van der Waals surface area contributed by atoms with E-state index in [0.717, 1.165) is 30.8 Å². The Morgan fingerprint density at radius 3 is 2.90 bits per heavy atom. The van der Waals surface area contributed by atoms with Crippen molar-refractivity contribution in [2.45, 2.75) is 32.8 Å². The van der Waals surface area contributed by atoms with Crippen molar-refractivity contribution in [1.29, 1.82) is 0 Å². The van der Waals surface area contributed by atoms with Gasteiger partial charge in [0.05, 0.1) is 0 Å². The lowest BCUT2D eigenvalue weighted by Crippen LogP contribution is -2.39. The molecule has 0 spiro atoms. The van der Waals surface area contributed by atoms with Gasteiger partial charge in [0.15, 0.2) is 6.10 Å². The summed E-state index contributed by atoms with van der Waals surface area (Å²) in [6, 6.07) is 7.78. The van der Waals surface area contributed by atoms with Gasteiger partial charge in [-0.1, -0.05) is 36.8 Å². The van der Waals surface area contributed by atoms with Gasteiger partial charge in [-0.15, -0.1) is 0 Å². The van der Waals surface area contributed by atoms with E-state index in [4.69, 9.17) is 4.74 Å². The van der Waals surface area contributed by atoms with Crippen LogP contribution >= 0.6 is 0 Å². The summed E-state index contributed by atoms with van der Waals surface area (Å²) in [5.41, 5.74) is 2.33. The second-order valence-corrected chi connectivity index (χ2v) is 5.31. The molecule has 1 amide bonds. The number of hydrogen-bond acceptors (Lipinski definition) is 3. The second kappa shape index (κ2) is 7.84. The van der Waals surface area contributed by atoms with Gasteiger partial charge in [-0.2, -0.15) is 0 Å². The molecule has 0 bridgehead atoms. The van der Waals surface area contributed by atoms with Crippen LogP contribution in [0.3, 0.4) is 0 Å². The van der Waals surface area contributed by atoms with Crippen molar-refractivity contribution in [3.8, 4) is 5.75 Å². The minimum atomic E-state index is -0.437. The summed E-state index contributed by atoms with van der Waals surface area (Å²) in [6.07, 6.45) is 3.36. The van der Waals surface area contributed by atoms with Crippen LogP contribution in [0.5, 0.6) is 5.75 Å². The highest BCUT2D eigenvalue weighted by Crippen LogP contribution is 2.18. The molecule has 1 aliphatic heterocycles. The molecule has 1 aliphatic rings. The maximum Gasteiger partial charge on any atom is 0.261 e. The molecule has 2 N–H and O–H groups in total. The lowest BCUT2D eigenvalue weighted by molar-refractivity contribution is -0.127. The standard InChI is InChI=1S/C17H24N2O2/c1-3-15(21-16-7-5-4-6-13(16)2)17(20)19-12-14-8-10-18-11-9-14/h4-8,15,18H,3,9-12H2,1-2H3,(H,19,20). The maximum absolute atomic E-state index is 12.3. The first kappa shape index (κ1) is 15.6. The van der Waals surface area contributed by atoms with E-state index in [1.54, 1.807) is 0 Å². The summed E-state index contributed by atoms with van der Waals surface area (Å²) in [5.74, 6) is 0.737. The Bertz CT molecular complexity index is 511. The van der Waals surface area contributed by atoms with E-state index in [1.165, 1.54) is 5.57 Å². The molecule has 1 heterocycles. The number of benzene rings is 1. The number of carbonyl (C=O) groups is 1. The van der Waals surface area contributed by atoms with E-state index in [-0.39, 0.29) is 5.91 Å². The van der Waals surface area contributed by atoms with E-state index in [0.29, 0.717) is 13.0 Å². The van der Waals surface area contributed by atoms with Crippen molar-refractivity contribution in [2.24, 2.45) is 0 Å². The van der Waals surface area contributed by atoms with Crippen molar-refractivity contribution >= 4 is 5.91 Å². The Balaban J connectivity index is 1.89. The molecule has 1 unspecified atom stereocenters. The normalized spacial score (nSPS) is 16.0. The summed E-state index contributed by atoms with van der Waals surface area (Å²) in [4.78, 5) is 12.3. The molecule has 2 rings (SSSR count). The van der Waals surface area contributed by atoms with Crippen LogP contribution in [0, 0.1) is 6.92 Å². The number of ether oxygens (including phenoxy) is 1. The molecule has 0 aliphatic carbocycles. The molecule has 0 aromatic heterocycles. The van der Waals surface area contributed by atoms with Crippen LogP contribution in [0.4, 0.5) is 0 Å².